The van der Waals surface area contributed by atoms with Crippen molar-refractivity contribution in [2.24, 2.45) is 0 Å². The topological polar surface area (TPSA) is 74.4 Å². The first-order valence-electron chi connectivity index (χ1n) is 6.47. The Morgan fingerprint density at radius 2 is 1.90 bits per heavy atom. The Balaban J connectivity index is 1.57. The van der Waals surface area contributed by atoms with Crippen molar-refractivity contribution in [1.29, 1.82) is 0 Å². The van der Waals surface area contributed by atoms with Gasteiger partial charge in [-0.1, -0.05) is 17.7 Å². The minimum absolute atomic E-state index is 0.0908. The molecule has 4 rings (SSSR count). The molecule has 3 saturated heterocycles. The number of hydrogen-bond acceptors (Lipinski definition) is 6. The van der Waals surface area contributed by atoms with E-state index in [1.54, 1.807) is 12.1 Å². The van der Waals surface area contributed by atoms with E-state index in [1.165, 1.54) is 12.1 Å². The maximum Gasteiger partial charge on any atom is 0.297 e. The molecule has 0 N–H and O–H groups in total. The molecule has 3 fully saturated rings. The maximum absolute atomic E-state index is 12.3. The lowest BCUT2D eigenvalue weighted by molar-refractivity contribution is -0.133. The van der Waals surface area contributed by atoms with Crippen molar-refractivity contribution in [3.8, 4) is 0 Å². The van der Waals surface area contributed by atoms with E-state index in [2.05, 4.69) is 0 Å². The highest BCUT2D eigenvalue weighted by molar-refractivity contribution is 7.86. The van der Waals surface area contributed by atoms with Crippen molar-refractivity contribution in [3.63, 3.8) is 0 Å². The van der Waals surface area contributed by atoms with E-state index in [0.29, 0.717) is 6.61 Å². The molecule has 20 heavy (non-hydrogen) atoms. The summed E-state index contributed by atoms with van der Waals surface area (Å²) in [4.78, 5) is 0.125. The standard InChI is InChI=1S/C13H14O6S/c1-7-2-4-8(5-3-7)20(14,15)19-12-11-10(18-11)9-6-16-13(12)17-9/h2-5,9-13H,6H2,1H3/t9-,10+,11+,12+,13-/m1/s1. The third-order valence-electron chi connectivity index (χ3n) is 3.80. The van der Waals surface area contributed by atoms with Gasteiger partial charge in [0.25, 0.3) is 10.1 Å². The lowest BCUT2D eigenvalue weighted by Gasteiger charge is -2.23. The number of rotatable bonds is 3. The predicted octanol–water partition coefficient (Wildman–Crippen LogP) is 0.591. The van der Waals surface area contributed by atoms with E-state index in [4.69, 9.17) is 18.4 Å². The fraction of sp³-hybridized carbons (Fsp3) is 0.538. The van der Waals surface area contributed by atoms with Crippen molar-refractivity contribution in [1.82, 2.24) is 0 Å². The van der Waals surface area contributed by atoms with Crippen molar-refractivity contribution in [3.05, 3.63) is 29.8 Å². The van der Waals surface area contributed by atoms with Gasteiger partial charge < -0.3 is 14.2 Å². The van der Waals surface area contributed by atoms with E-state index in [0.717, 1.165) is 5.56 Å². The first kappa shape index (κ1) is 12.7. The van der Waals surface area contributed by atoms with Gasteiger partial charge in [-0.2, -0.15) is 8.42 Å². The number of epoxide rings is 1. The minimum atomic E-state index is -3.85. The van der Waals surface area contributed by atoms with Crippen LogP contribution in [-0.4, -0.2) is 45.7 Å². The number of hydrogen-bond donors (Lipinski definition) is 0. The summed E-state index contributed by atoms with van der Waals surface area (Å²) in [5.41, 5.74) is 0.984. The average molecular weight is 298 g/mol. The van der Waals surface area contributed by atoms with Crippen LogP contribution in [0.15, 0.2) is 29.2 Å². The summed E-state index contributed by atoms with van der Waals surface area (Å²) in [7, 11) is -3.85. The van der Waals surface area contributed by atoms with Crippen LogP contribution in [0.4, 0.5) is 0 Å². The van der Waals surface area contributed by atoms with Crippen LogP contribution in [0.5, 0.6) is 0 Å². The highest BCUT2D eigenvalue weighted by Gasteiger charge is 2.63. The van der Waals surface area contributed by atoms with Gasteiger partial charge in [-0.15, -0.1) is 0 Å². The van der Waals surface area contributed by atoms with Gasteiger partial charge in [0.2, 0.25) is 0 Å². The molecule has 5 atom stereocenters. The Morgan fingerprint density at radius 3 is 2.65 bits per heavy atom. The summed E-state index contributed by atoms with van der Waals surface area (Å²) in [6.45, 7) is 2.32. The van der Waals surface area contributed by atoms with E-state index in [1.807, 2.05) is 6.92 Å². The van der Waals surface area contributed by atoms with Gasteiger partial charge in [-0.25, -0.2) is 0 Å². The van der Waals surface area contributed by atoms with E-state index in [-0.39, 0.29) is 23.2 Å². The second kappa shape index (κ2) is 4.25. The first-order valence-corrected chi connectivity index (χ1v) is 7.88. The summed E-state index contributed by atoms with van der Waals surface area (Å²) in [6, 6.07) is 6.51. The molecule has 0 unspecified atom stereocenters. The molecule has 0 aliphatic carbocycles. The van der Waals surface area contributed by atoms with Crippen molar-refractivity contribution >= 4 is 10.1 Å². The SMILES string of the molecule is Cc1ccc(S(=O)(=O)O[C@@H]2[C@@H]3OC[C@@H](O3)[C@@H]3O[C@H]23)cc1. The Labute approximate surface area is 116 Å². The van der Waals surface area contributed by atoms with Gasteiger partial charge in [0.05, 0.1) is 11.5 Å². The number of aryl methyl sites for hydroxylation is 1. The minimum Gasteiger partial charge on any atom is -0.364 e. The molecule has 1 aromatic carbocycles. The van der Waals surface area contributed by atoms with Gasteiger partial charge in [0.1, 0.15) is 18.3 Å². The molecule has 3 aliphatic heterocycles. The third-order valence-corrected chi connectivity index (χ3v) is 5.13. The highest BCUT2D eigenvalue weighted by atomic mass is 32.2. The molecule has 3 heterocycles. The molecule has 0 amide bonds. The Bertz CT molecular complexity index is 625. The van der Waals surface area contributed by atoms with E-state index in [9.17, 15) is 8.42 Å². The fourth-order valence-corrected chi connectivity index (χ4v) is 3.72. The van der Waals surface area contributed by atoms with Gasteiger partial charge in [-0.3, -0.25) is 4.18 Å². The van der Waals surface area contributed by atoms with E-state index >= 15 is 0 Å². The molecular formula is C13H14O6S. The zero-order valence-electron chi connectivity index (χ0n) is 10.8. The molecule has 108 valence electrons. The van der Waals surface area contributed by atoms with Crippen LogP contribution < -0.4 is 0 Å². The van der Waals surface area contributed by atoms with Gasteiger partial charge in [-0.05, 0) is 19.1 Å². The summed E-state index contributed by atoms with van der Waals surface area (Å²) >= 11 is 0. The van der Waals surface area contributed by atoms with Crippen LogP contribution in [0.25, 0.3) is 0 Å². The molecule has 1 aromatic rings. The second-order valence-corrected chi connectivity index (χ2v) is 6.84. The second-order valence-electron chi connectivity index (χ2n) is 5.27. The summed E-state index contributed by atoms with van der Waals surface area (Å²) in [5, 5.41) is 0. The molecule has 2 bridgehead atoms. The fourth-order valence-electron chi connectivity index (χ4n) is 2.65. The number of ether oxygens (including phenoxy) is 3. The van der Waals surface area contributed by atoms with E-state index < -0.39 is 22.5 Å². The zero-order valence-corrected chi connectivity index (χ0v) is 11.6. The van der Waals surface area contributed by atoms with Gasteiger partial charge in [0, 0.05) is 0 Å². The maximum atomic E-state index is 12.3. The molecule has 6 nitrogen and oxygen atoms in total. The Morgan fingerprint density at radius 1 is 1.15 bits per heavy atom. The smallest absolute Gasteiger partial charge is 0.297 e. The normalized spacial score (nSPS) is 38.5. The lowest BCUT2D eigenvalue weighted by Crippen LogP contribution is -2.42. The van der Waals surface area contributed by atoms with Crippen LogP contribution in [-0.2, 0) is 28.5 Å². The van der Waals surface area contributed by atoms with Crippen LogP contribution in [0.1, 0.15) is 5.56 Å². The van der Waals surface area contributed by atoms with Crippen LogP contribution >= 0.6 is 0 Å². The Kier molecular flexibility index (Phi) is 2.71. The van der Waals surface area contributed by atoms with Gasteiger partial charge >= 0.3 is 0 Å². The summed E-state index contributed by atoms with van der Waals surface area (Å²) in [5.74, 6) is 0. The van der Waals surface area contributed by atoms with Crippen molar-refractivity contribution in [2.45, 2.75) is 42.5 Å². The predicted molar refractivity (Wildman–Crippen MR) is 66.5 cm³/mol. The van der Waals surface area contributed by atoms with Crippen molar-refractivity contribution < 1.29 is 26.8 Å². The quantitative estimate of drug-likeness (QED) is 0.600. The monoisotopic (exact) mass is 298 g/mol. The van der Waals surface area contributed by atoms with Crippen molar-refractivity contribution in [2.75, 3.05) is 6.61 Å². The molecule has 0 saturated carbocycles. The van der Waals surface area contributed by atoms with Crippen LogP contribution in [0.2, 0.25) is 0 Å². The van der Waals surface area contributed by atoms with Crippen LogP contribution in [0, 0.1) is 6.92 Å². The van der Waals surface area contributed by atoms with Gasteiger partial charge in [0.15, 0.2) is 12.4 Å². The number of fused-ring (bicyclic) bond motifs is 4. The number of benzene rings is 1. The molecule has 7 heteroatoms. The molecule has 0 spiro atoms. The molecule has 3 aliphatic rings. The molecule has 0 aromatic heterocycles. The zero-order chi connectivity index (χ0) is 13.9. The summed E-state index contributed by atoms with van der Waals surface area (Å²) < 4.78 is 46.2. The highest BCUT2D eigenvalue weighted by Crippen LogP contribution is 2.43. The Hall–Kier alpha value is -0.990. The summed E-state index contributed by atoms with van der Waals surface area (Å²) in [6.07, 6.45) is -1.84. The largest absolute Gasteiger partial charge is 0.364 e. The third kappa shape index (κ3) is 1.97. The molecule has 0 radical (unpaired) electrons. The average Bonchev–Trinajstić information content (AvgIpc) is 3.09. The van der Waals surface area contributed by atoms with Crippen LogP contribution in [0.3, 0.4) is 0 Å². The first-order chi connectivity index (χ1) is 9.54. The lowest BCUT2D eigenvalue weighted by atomic mass is 10.1. The molecular weight excluding hydrogens is 284 g/mol.